The molecule has 2 aliphatic rings. The average Bonchev–Trinajstić information content (AvgIpc) is 2.78. The van der Waals surface area contributed by atoms with Gasteiger partial charge in [0.2, 0.25) is 0 Å². The summed E-state index contributed by atoms with van der Waals surface area (Å²) in [7, 11) is 0. The van der Waals surface area contributed by atoms with Gasteiger partial charge in [-0.05, 0) is 92.9 Å². The standard InChI is InChI=1S/C28H35F2N/c1-2-3-4-7-21-10-12-22(13-11-21)8-5-6-9-23-14-16-24(17-15-23)25-18-27(29)26(20-31)28(30)19-25/h5,8,18-19,21-24H,2-4,7,10-17H2,1H3/b8-5+/t21-,22-,23-,24-. The first-order valence-corrected chi connectivity index (χ1v) is 12.2. The maximum Gasteiger partial charge on any atom is 0.144 e. The minimum absolute atomic E-state index is 0.151. The van der Waals surface area contributed by atoms with Gasteiger partial charge in [0, 0.05) is 5.92 Å². The van der Waals surface area contributed by atoms with Crippen molar-refractivity contribution in [2.45, 2.75) is 89.9 Å². The number of rotatable bonds is 6. The maximum atomic E-state index is 13.9. The van der Waals surface area contributed by atoms with Crippen LogP contribution in [0.15, 0.2) is 24.3 Å². The van der Waals surface area contributed by atoms with Crippen LogP contribution in [0.4, 0.5) is 8.78 Å². The van der Waals surface area contributed by atoms with E-state index in [9.17, 15) is 8.78 Å². The first-order chi connectivity index (χ1) is 15.1. The van der Waals surface area contributed by atoms with Gasteiger partial charge in [0.15, 0.2) is 0 Å². The zero-order valence-electron chi connectivity index (χ0n) is 18.8. The predicted octanol–water partition coefficient (Wildman–Crippen LogP) is 8.06. The van der Waals surface area contributed by atoms with Gasteiger partial charge in [-0.25, -0.2) is 8.78 Å². The number of allylic oxidation sites excluding steroid dienone is 2. The summed E-state index contributed by atoms with van der Waals surface area (Å²) >= 11 is 0. The number of hydrogen-bond acceptors (Lipinski definition) is 1. The maximum absolute atomic E-state index is 13.9. The molecule has 1 aromatic carbocycles. The molecule has 0 spiro atoms. The molecule has 1 nitrogen and oxygen atoms in total. The van der Waals surface area contributed by atoms with Crippen molar-refractivity contribution in [2.75, 3.05) is 0 Å². The molecule has 2 fully saturated rings. The third-order valence-electron chi connectivity index (χ3n) is 7.22. The first-order valence-electron chi connectivity index (χ1n) is 12.2. The zero-order valence-corrected chi connectivity index (χ0v) is 18.8. The van der Waals surface area contributed by atoms with Crippen LogP contribution in [0.3, 0.4) is 0 Å². The van der Waals surface area contributed by atoms with Gasteiger partial charge in [0.05, 0.1) is 0 Å². The van der Waals surface area contributed by atoms with Gasteiger partial charge in [-0.3, -0.25) is 0 Å². The normalized spacial score (nSPS) is 26.3. The van der Waals surface area contributed by atoms with Crippen molar-refractivity contribution in [1.29, 1.82) is 5.26 Å². The Labute approximate surface area is 186 Å². The fraction of sp³-hybridized carbons (Fsp3) is 0.607. The predicted molar refractivity (Wildman–Crippen MR) is 122 cm³/mol. The molecular weight excluding hydrogens is 388 g/mol. The van der Waals surface area contributed by atoms with Gasteiger partial charge in [-0.15, -0.1) is 0 Å². The Kier molecular flexibility index (Phi) is 9.14. The molecule has 0 aliphatic heterocycles. The summed E-state index contributed by atoms with van der Waals surface area (Å²) in [5.74, 6) is 7.29. The number of nitriles is 1. The van der Waals surface area contributed by atoms with Crippen LogP contribution in [0.2, 0.25) is 0 Å². The van der Waals surface area contributed by atoms with Crippen molar-refractivity contribution >= 4 is 0 Å². The highest BCUT2D eigenvalue weighted by atomic mass is 19.1. The van der Waals surface area contributed by atoms with E-state index in [4.69, 9.17) is 5.26 Å². The number of hydrogen-bond donors (Lipinski definition) is 0. The van der Waals surface area contributed by atoms with Gasteiger partial charge in [-0.2, -0.15) is 5.26 Å². The molecule has 2 aliphatic carbocycles. The highest BCUT2D eigenvalue weighted by molar-refractivity contribution is 5.36. The number of unbranched alkanes of at least 4 members (excludes halogenated alkanes) is 2. The monoisotopic (exact) mass is 423 g/mol. The van der Waals surface area contributed by atoms with Gasteiger partial charge < -0.3 is 0 Å². The molecular formula is C28H35F2N. The third-order valence-corrected chi connectivity index (χ3v) is 7.22. The van der Waals surface area contributed by atoms with E-state index in [1.807, 2.05) is 0 Å². The third kappa shape index (κ3) is 6.93. The Morgan fingerprint density at radius 2 is 1.65 bits per heavy atom. The van der Waals surface area contributed by atoms with Gasteiger partial charge in [0.25, 0.3) is 0 Å². The van der Waals surface area contributed by atoms with Crippen molar-refractivity contribution in [3.05, 3.63) is 47.0 Å². The molecule has 31 heavy (non-hydrogen) atoms. The van der Waals surface area contributed by atoms with E-state index in [0.29, 0.717) is 17.4 Å². The summed E-state index contributed by atoms with van der Waals surface area (Å²) in [4.78, 5) is 0. The number of benzene rings is 1. The molecule has 3 rings (SSSR count). The summed E-state index contributed by atoms with van der Waals surface area (Å²) in [5.41, 5.74) is 0.186. The second kappa shape index (κ2) is 12.0. The van der Waals surface area contributed by atoms with Crippen molar-refractivity contribution < 1.29 is 8.78 Å². The van der Waals surface area contributed by atoms with Crippen LogP contribution in [0, 0.1) is 52.6 Å². The quantitative estimate of drug-likeness (QED) is 0.335. The minimum Gasteiger partial charge on any atom is -0.205 e. The topological polar surface area (TPSA) is 23.8 Å². The number of nitrogens with zero attached hydrogens (tertiary/aromatic N) is 1. The summed E-state index contributed by atoms with van der Waals surface area (Å²) in [6, 6.07) is 4.26. The summed E-state index contributed by atoms with van der Waals surface area (Å²) in [5, 5.41) is 8.82. The molecule has 0 saturated heterocycles. The molecule has 2 saturated carbocycles. The van der Waals surface area contributed by atoms with Crippen LogP contribution in [-0.4, -0.2) is 0 Å². The van der Waals surface area contributed by atoms with Crippen LogP contribution in [-0.2, 0) is 0 Å². The molecule has 0 aromatic heterocycles. The highest BCUT2D eigenvalue weighted by Gasteiger charge is 2.23. The Morgan fingerprint density at radius 1 is 0.968 bits per heavy atom. The Balaban J connectivity index is 1.41. The molecule has 1 aromatic rings. The lowest BCUT2D eigenvalue weighted by atomic mass is 9.78. The van der Waals surface area contributed by atoms with Crippen molar-refractivity contribution in [3.63, 3.8) is 0 Å². The van der Waals surface area contributed by atoms with Crippen LogP contribution in [0.5, 0.6) is 0 Å². The van der Waals surface area contributed by atoms with Crippen LogP contribution in [0.1, 0.15) is 101 Å². The van der Waals surface area contributed by atoms with Crippen molar-refractivity contribution in [3.8, 4) is 17.9 Å². The van der Waals surface area contributed by atoms with Crippen LogP contribution >= 0.6 is 0 Å². The zero-order chi connectivity index (χ0) is 22.1. The van der Waals surface area contributed by atoms with Crippen molar-refractivity contribution in [1.82, 2.24) is 0 Å². The van der Waals surface area contributed by atoms with E-state index < -0.39 is 17.2 Å². The van der Waals surface area contributed by atoms with E-state index in [2.05, 4.69) is 30.9 Å². The Hall–Kier alpha value is -2.13. The molecule has 0 radical (unpaired) electrons. The second-order valence-electron chi connectivity index (χ2n) is 9.44. The first kappa shape index (κ1) is 23.5. The van der Waals surface area contributed by atoms with E-state index >= 15 is 0 Å². The summed E-state index contributed by atoms with van der Waals surface area (Å²) in [6.45, 7) is 2.27. The summed E-state index contributed by atoms with van der Waals surface area (Å²) < 4.78 is 27.8. The van der Waals surface area contributed by atoms with E-state index in [0.717, 1.165) is 31.6 Å². The smallest absolute Gasteiger partial charge is 0.144 e. The molecule has 0 heterocycles. The Bertz CT molecular complexity index is 815. The minimum atomic E-state index is -0.750. The largest absolute Gasteiger partial charge is 0.205 e. The van der Waals surface area contributed by atoms with Crippen LogP contribution < -0.4 is 0 Å². The molecule has 0 bridgehead atoms. The van der Waals surface area contributed by atoms with Crippen LogP contribution in [0.25, 0.3) is 0 Å². The van der Waals surface area contributed by atoms with Gasteiger partial charge >= 0.3 is 0 Å². The molecule has 0 atom stereocenters. The lowest BCUT2D eigenvalue weighted by molar-refractivity contribution is 0.289. The van der Waals surface area contributed by atoms with Gasteiger partial charge in [0.1, 0.15) is 23.3 Å². The molecule has 0 N–H and O–H groups in total. The SMILES string of the molecule is CCCCC[C@H]1CC[C@H](/C=C/C#C[C@H]2CC[C@H](c3cc(F)c(C#N)c(F)c3)CC2)CC1. The van der Waals surface area contributed by atoms with Crippen molar-refractivity contribution in [2.24, 2.45) is 17.8 Å². The van der Waals surface area contributed by atoms with Gasteiger partial charge in [-0.1, -0.05) is 50.5 Å². The fourth-order valence-electron chi connectivity index (χ4n) is 5.21. The molecule has 3 heteroatoms. The van der Waals surface area contributed by atoms with E-state index in [-0.39, 0.29) is 5.92 Å². The highest BCUT2D eigenvalue weighted by Crippen LogP contribution is 2.36. The molecule has 0 unspecified atom stereocenters. The Morgan fingerprint density at radius 3 is 2.26 bits per heavy atom. The molecule has 0 amide bonds. The number of halogens is 2. The fourth-order valence-corrected chi connectivity index (χ4v) is 5.21. The van der Waals surface area contributed by atoms with E-state index in [1.165, 1.54) is 63.5 Å². The average molecular weight is 424 g/mol. The summed E-state index contributed by atoms with van der Waals surface area (Å²) in [6.07, 6.45) is 18.9. The van der Waals surface area contributed by atoms with E-state index in [1.54, 1.807) is 6.07 Å². The lowest BCUT2D eigenvalue weighted by Crippen LogP contribution is -2.13. The second-order valence-corrected chi connectivity index (χ2v) is 9.44. The lowest BCUT2D eigenvalue weighted by Gasteiger charge is -2.26. The molecule has 166 valence electrons.